The van der Waals surface area contributed by atoms with Crippen molar-refractivity contribution in [1.82, 2.24) is 30.4 Å². The zero-order valence-electron chi connectivity index (χ0n) is 15.2. The molecule has 0 fully saturated rings. The van der Waals surface area contributed by atoms with E-state index in [2.05, 4.69) is 30.6 Å². The number of alkyl halides is 2. The van der Waals surface area contributed by atoms with E-state index in [4.69, 9.17) is 6.57 Å². The molecule has 29 heavy (non-hydrogen) atoms. The summed E-state index contributed by atoms with van der Waals surface area (Å²) in [7, 11) is 0. The van der Waals surface area contributed by atoms with Gasteiger partial charge in [0, 0.05) is 10.9 Å². The molecule has 2 aromatic carbocycles. The maximum Gasteiger partial charge on any atom is 0.305 e. The van der Waals surface area contributed by atoms with Crippen molar-refractivity contribution in [2.75, 3.05) is 0 Å². The molecular formula is C19H14F2N7O-. The number of fused-ring (bicyclic) bond motifs is 1. The molecule has 1 N–H and O–H groups in total. The molecule has 0 saturated heterocycles. The van der Waals surface area contributed by atoms with Crippen LogP contribution in [0.25, 0.3) is 15.7 Å². The minimum atomic E-state index is -3.47. The molecule has 8 nitrogen and oxygen atoms in total. The Morgan fingerprint density at radius 2 is 2.10 bits per heavy atom. The zero-order chi connectivity index (χ0) is 20.6. The van der Waals surface area contributed by atoms with Gasteiger partial charge in [0.25, 0.3) is 0 Å². The van der Waals surface area contributed by atoms with Gasteiger partial charge < -0.3 is 10.2 Å². The van der Waals surface area contributed by atoms with Crippen LogP contribution >= 0.6 is 0 Å². The van der Waals surface area contributed by atoms with Crippen molar-refractivity contribution in [1.29, 1.82) is 0 Å². The fourth-order valence-corrected chi connectivity index (χ4v) is 3.26. The van der Waals surface area contributed by atoms with Crippen molar-refractivity contribution in [3.8, 4) is 0 Å². The molecule has 0 atom stereocenters. The average molecular weight is 394 g/mol. The fourth-order valence-electron chi connectivity index (χ4n) is 3.26. The van der Waals surface area contributed by atoms with Crippen molar-refractivity contribution in [3.05, 3.63) is 76.0 Å². The van der Waals surface area contributed by atoms with Gasteiger partial charge in [-0.2, -0.15) is 19.1 Å². The minimum Gasteiger partial charge on any atom is -0.392 e. The van der Waals surface area contributed by atoms with E-state index in [0.717, 1.165) is 0 Å². The van der Waals surface area contributed by atoms with Crippen molar-refractivity contribution >= 4 is 16.6 Å². The van der Waals surface area contributed by atoms with Crippen LogP contribution in [0, 0.1) is 13.5 Å². The molecular weight excluding hydrogens is 380 g/mol. The predicted molar refractivity (Wildman–Crippen MR) is 98.3 cm³/mol. The van der Waals surface area contributed by atoms with Crippen LogP contribution in [0.15, 0.2) is 36.4 Å². The van der Waals surface area contributed by atoms with Gasteiger partial charge in [0.2, 0.25) is 0 Å². The predicted octanol–water partition coefficient (Wildman–Crippen LogP) is 2.72. The third-order valence-electron chi connectivity index (χ3n) is 4.75. The molecule has 2 aromatic heterocycles. The zero-order valence-corrected chi connectivity index (χ0v) is 15.2. The van der Waals surface area contributed by atoms with E-state index in [-0.39, 0.29) is 18.7 Å². The Hall–Kier alpha value is -3.71. The van der Waals surface area contributed by atoms with E-state index in [0.29, 0.717) is 33.4 Å². The largest absolute Gasteiger partial charge is 0.392 e. The Kier molecular flexibility index (Phi) is 4.52. The smallest absolute Gasteiger partial charge is 0.305 e. The number of nitrogens with zero attached hydrogens (tertiary/aromatic N) is 7. The highest BCUT2D eigenvalue weighted by molar-refractivity contribution is 5.83. The number of aryl methyl sites for hydroxylation is 1. The Labute approximate surface area is 163 Å². The number of rotatable bonds is 5. The molecule has 146 valence electrons. The topological polar surface area (TPSA) is 95.2 Å². The maximum atomic E-state index is 14.7. The van der Waals surface area contributed by atoms with Crippen molar-refractivity contribution in [2.24, 2.45) is 0 Å². The Balaban J connectivity index is 1.84. The molecule has 0 aliphatic carbocycles. The second kappa shape index (κ2) is 7.03. The lowest BCUT2D eigenvalue weighted by Crippen LogP contribution is -2.18. The number of tetrazole rings is 1. The summed E-state index contributed by atoms with van der Waals surface area (Å²) in [5, 5.41) is 27.6. The Bertz CT molecular complexity index is 1230. The van der Waals surface area contributed by atoms with Crippen LogP contribution in [-0.2, 0) is 19.1 Å². The van der Waals surface area contributed by atoms with E-state index in [1.165, 1.54) is 12.1 Å². The highest BCUT2D eigenvalue weighted by atomic mass is 19.3. The maximum absolute atomic E-state index is 14.7. The molecule has 4 aromatic rings. The van der Waals surface area contributed by atoms with Crippen LogP contribution in [0.4, 0.5) is 14.5 Å². The van der Waals surface area contributed by atoms with Crippen LogP contribution < -0.4 is 5.10 Å². The van der Waals surface area contributed by atoms with Gasteiger partial charge in [0.1, 0.15) is 0 Å². The average Bonchev–Trinajstić information content (AvgIpc) is 3.37. The quantitative estimate of drug-likeness (QED) is 0.523. The van der Waals surface area contributed by atoms with Gasteiger partial charge in [0.15, 0.2) is 5.69 Å². The second-order valence-electron chi connectivity index (χ2n) is 6.44. The molecule has 10 heteroatoms. The van der Waals surface area contributed by atoms with Gasteiger partial charge in [-0.15, -0.1) is 0 Å². The minimum absolute atomic E-state index is 0.157. The third kappa shape index (κ3) is 3.11. The molecule has 0 spiro atoms. The van der Waals surface area contributed by atoms with Gasteiger partial charge in [-0.25, -0.2) is 4.85 Å². The van der Waals surface area contributed by atoms with Crippen molar-refractivity contribution in [2.45, 2.75) is 26.0 Å². The third-order valence-corrected chi connectivity index (χ3v) is 4.75. The summed E-state index contributed by atoms with van der Waals surface area (Å²) >= 11 is 0. The molecule has 0 amide bonds. The lowest BCUT2D eigenvalue weighted by molar-refractivity contribution is 0.0324. The first-order chi connectivity index (χ1) is 14.0. The van der Waals surface area contributed by atoms with Crippen LogP contribution in [-0.4, -0.2) is 30.4 Å². The first kappa shape index (κ1) is 18.6. The normalized spacial score (nSPS) is 11.7. The number of benzene rings is 2. The van der Waals surface area contributed by atoms with Crippen molar-refractivity contribution < 1.29 is 13.9 Å². The molecule has 0 bridgehead atoms. The summed E-state index contributed by atoms with van der Waals surface area (Å²) in [5.74, 6) is -4.24. The SMILES string of the molecule is [C-]#[N+]c1cccc(CO)c1Cn1nc(C)c2ccc(C(F)(F)c3nnn[n-]3)cc21. The summed E-state index contributed by atoms with van der Waals surface area (Å²) in [6.45, 7) is 9.07. The number of aliphatic hydroxyl groups excluding tert-OH is 1. The van der Waals surface area contributed by atoms with E-state index in [1.807, 2.05) is 0 Å². The van der Waals surface area contributed by atoms with E-state index >= 15 is 0 Å². The van der Waals surface area contributed by atoms with Crippen molar-refractivity contribution in [3.63, 3.8) is 0 Å². The van der Waals surface area contributed by atoms with Gasteiger partial charge in [0.05, 0.1) is 36.8 Å². The summed E-state index contributed by atoms with van der Waals surface area (Å²) < 4.78 is 31.0. The molecule has 2 heterocycles. The Morgan fingerprint density at radius 1 is 1.28 bits per heavy atom. The molecule has 0 radical (unpaired) electrons. The number of halogens is 2. The van der Waals surface area contributed by atoms with Gasteiger partial charge in [-0.1, -0.05) is 30.3 Å². The monoisotopic (exact) mass is 394 g/mol. The number of hydrogen-bond donors (Lipinski definition) is 1. The summed E-state index contributed by atoms with van der Waals surface area (Å²) in [4.78, 5) is 3.50. The molecule has 4 rings (SSSR count). The van der Waals surface area contributed by atoms with E-state index in [9.17, 15) is 13.9 Å². The first-order valence-corrected chi connectivity index (χ1v) is 8.59. The van der Waals surface area contributed by atoms with Gasteiger partial charge >= 0.3 is 5.92 Å². The molecule has 0 saturated carbocycles. The lowest BCUT2D eigenvalue weighted by atomic mass is 10.0. The second-order valence-corrected chi connectivity index (χ2v) is 6.44. The first-order valence-electron chi connectivity index (χ1n) is 8.59. The standard InChI is InChI=1S/C19H14F2N7O/c1-11-14-7-6-13(19(20,21)18-23-26-27-24-18)8-17(14)28(25-11)9-15-12(10-29)4-3-5-16(15)22-2/h3-8,29H,9-10H2,1H3/q-1. The summed E-state index contributed by atoms with van der Waals surface area (Å²) in [6.07, 6.45) is 0. The lowest BCUT2D eigenvalue weighted by Gasteiger charge is -2.17. The number of aliphatic hydroxyl groups is 1. The highest BCUT2D eigenvalue weighted by Gasteiger charge is 2.34. The molecule has 0 aliphatic heterocycles. The fraction of sp³-hybridized carbons (Fsp3) is 0.211. The number of hydrogen-bond acceptors (Lipinski definition) is 5. The van der Waals surface area contributed by atoms with Crippen LogP contribution in [0.1, 0.15) is 28.2 Å². The Morgan fingerprint density at radius 3 is 2.79 bits per heavy atom. The number of aromatic nitrogens is 6. The van der Waals surface area contributed by atoms with Gasteiger partial charge in [-0.05, 0) is 24.1 Å². The van der Waals surface area contributed by atoms with Crippen LogP contribution in [0.2, 0.25) is 0 Å². The van der Waals surface area contributed by atoms with E-state index < -0.39 is 11.7 Å². The van der Waals surface area contributed by atoms with Crippen LogP contribution in [0.5, 0.6) is 0 Å². The van der Waals surface area contributed by atoms with Gasteiger partial charge in [-0.3, -0.25) is 15.0 Å². The van der Waals surface area contributed by atoms with E-state index in [1.54, 1.807) is 35.9 Å². The molecule has 0 aliphatic rings. The summed E-state index contributed by atoms with van der Waals surface area (Å²) in [6, 6.07) is 9.24. The molecule has 0 unspecified atom stereocenters. The summed E-state index contributed by atoms with van der Waals surface area (Å²) in [5.41, 5.74) is 2.37. The van der Waals surface area contributed by atoms with Crippen LogP contribution in [0.3, 0.4) is 0 Å². The highest BCUT2D eigenvalue weighted by Crippen LogP contribution is 2.35.